The maximum Gasteiger partial charge on any atom is 0.0788 e. The van der Waals surface area contributed by atoms with Gasteiger partial charge in [-0.1, -0.05) is 72.8 Å². The fourth-order valence-electron chi connectivity index (χ4n) is 4.40. The Labute approximate surface area is 157 Å². The number of benzene rings is 4. The molecule has 126 valence electrons. The molecule has 0 unspecified atom stereocenters. The highest BCUT2D eigenvalue weighted by Gasteiger charge is 2.20. The SMILES string of the molecule is c1ccc(-c2nc3ccccc3c3cc4c(cc23)-c2ccccc2C4)cc1. The van der Waals surface area contributed by atoms with Crippen molar-refractivity contribution in [2.75, 3.05) is 0 Å². The minimum absolute atomic E-state index is 1.01. The zero-order valence-corrected chi connectivity index (χ0v) is 14.8. The zero-order valence-electron chi connectivity index (χ0n) is 14.8. The molecular weight excluding hydrogens is 326 g/mol. The van der Waals surface area contributed by atoms with Crippen molar-refractivity contribution in [3.63, 3.8) is 0 Å². The molecule has 1 aliphatic carbocycles. The van der Waals surface area contributed by atoms with Crippen LogP contribution in [0.3, 0.4) is 0 Å². The first-order valence-corrected chi connectivity index (χ1v) is 9.37. The van der Waals surface area contributed by atoms with Crippen LogP contribution in [-0.2, 0) is 6.42 Å². The van der Waals surface area contributed by atoms with Crippen molar-refractivity contribution in [3.05, 3.63) is 102 Å². The monoisotopic (exact) mass is 343 g/mol. The number of hydrogen-bond acceptors (Lipinski definition) is 1. The Morgan fingerprint density at radius 3 is 2.26 bits per heavy atom. The lowest BCUT2D eigenvalue weighted by molar-refractivity contribution is 1.27. The molecule has 5 aromatic rings. The number of nitrogens with zero attached hydrogens (tertiary/aromatic N) is 1. The van der Waals surface area contributed by atoms with E-state index in [-0.39, 0.29) is 0 Å². The molecule has 1 aromatic heterocycles. The van der Waals surface area contributed by atoms with E-state index in [9.17, 15) is 0 Å². The summed E-state index contributed by atoms with van der Waals surface area (Å²) in [6.45, 7) is 0. The fraction of sp³-hybridized carbons (Fsp3) is 0.0385. The summed E-state index contributed by atoms with van der Waals surface area (Å²) in [6.07, 6.45) is 1.01. The van der Waals surface area contributed by atoms with Crippen molar-refractivity contribution >= 4 is 21.7 Å². The normalized spacial score (nSPS) is 12.3. The first-order chi connectivity index (χ1) is 13.4. The van der Waals surface area contributed by atoms with Crippen molar-refractivity contribution in [2.45, 2.75) is 6.42 Å². The van der Waals surface area contributed by atoms with Crippen LogP contribution in [0.2, 0.25) is 0 Å². The van der Waals surface area contributed by atoms with Crippen LogP contribution in [0.4, 0.5) is 0 Å². The van der Waals surface area contributed by atoms with Gasteiger partial charge in [0.1, 0.15) is 0 Å². The average molecular weight is 343 g/mol. The molecule has 0 N–H and O–H groups in total. The van der Waals surface area contributed by atoms with Crippen LogP contribution in [0.15, 0.2) is 91.0 Å². The van der Waals surface area contributed by atoms with E-state index in [4.69, 9.17) is 4.98 Å². The van der Waals surface area contributed by atoms with Gasteiger partial charge in [-0.15, -0.1) is 0 Å². The van der Waals surface area contributed by atoms with E-state index in [2.05, 4.69) is 91.0 Å². The van der Waals surface area contributed by atoms with Crippen molar-refractivity contribution in [3.8, 4) is 22.4 Å². The lowest BCUT2D eigenvalue weighted by Crippen LogP contribution is -1.91. The van der Waals surface area contributed by atoms with Crippen LogP contribution in [0.25, 0.3) is 44.1 Å². The molecule has 0 radical (unpaired) electrons. The van der Waals surface area contributed by atoms with Gasteiger partial charge < -0.3 is 0 Å². The van der Waals surface area contributed by atoms with Crippen LogP contribution < -0.4 is 0 Å². The molecule has 0 bridgehead atoms. The van der Waals surface area contributed by atoms with E-state index >= 15 is 0 Å². The van der Waals surface area contributed by atoms with Gasteiger partial charge >= 0.3 is 0 Å². The molecule has 0 spiro atoms. The lowest BCUT2D eigenvalue weighted by atomic mass is 9.95. The third-order valence-electron chi connectivity index (χ3n) is 5.66. The molecule has 1 heterocycles. The molecule has 0 saturated heterocycles. The first kappa shape index (κ1) is 14.7. The number of pyridine rings is 1. The van der Waals surface area contributed by atoms with Gasteiger partial charge in [-0.2, -0.15) is 0 Å². The summed E-state index contributed by atoms with van der Waals surface area (Å²) in [5.41, 5.74) is 8.84. The molecule has 0 amide bonds. The maximum absolute atomic E-state index is 5.06. The maximum atomic E-state index is 5.06. The Morgan fingerprint density at radius 2 is 1.33 bits per heavy atom. The van der Waals surface area contributed by atoms with Crippen LogP contribution in [0.1, 0.15) is 11.1 Å². The van der Waals surface area contributed by atoms with Gasteiger partial charge in [-0.05, 0) is 52.3 Å². The summed E-state index contributed by atoms with van der Waals surface area (Å²) in [5, 5.41) is 3.76. The summed E-state index contributed by atoms with van der Waals surface area (Å²) >= 11 is 0. The molecule has 6 rings (SSSR count). The van der Waals surface area contributed by atoms with Gasteiger partial charge in [0.05, 0.1) is 11.2 Å². The number of hydrogen-bond donors (Lipinski definition) is 0. The van der Waals surface area contributed by atoms with Gasteiger partial charge in [-0.3, -0.25) is 0 Å². The van der Waals surface area contributed by atoms with Crippen LogP contribution >= 0.6 is 0 Å². The second-order valence-electron chi connectivity index (χ2n) is 7.23. The molecule has 0 fully saturated rings. The Hall–Kier alpha value is -3.45. The second-order valence-corrected chi connectivity index (χ2v) is 7.23. The summed E-state index contributed by atoms with van der Waals surface area (Å²) in [7, 11) is 0. The Balaban J connectivity index is 1.76. The Kier molecular flexibility index (Phi) is 3.00. The standard InChI is InChI=1S/C26H17N/c1-2-8-17(9-3-1)26-24-16-22-19(14-18-10-4-5-11-20(18)22)15-23(24)21-12-6-7-13-25(21)27-26/h1-13,15-16H,14H2. The Morgan fingerprint density at radius 1 is 0.556 bits per heavy atom. The lowest BCUT2D eigenvalue weighted by Gasteiger charge is -2.12. The highest BCUT2D eigenvalue weighted by Crippen LogP contribution is 2.42. The van der Waals surface area contributed by atoms with Gasteiger partial charge in [0.2, 0.25) is 0 Å². The third-order valence-corrected chi connectivity index (χ3v) is 5.66. The average Bonchev–Trinajstić information content (AvgIpc) is 3.10. The van der Waals surface area contributed by atoms with Gasteiger partial charge in [0.25, 0.3) is 0 Å². The van der Waals surface area contributed by atoms with Crippen LogP contribution in [0, 0.1) is 0 Å². The quantitative estimate of drug-likeness (QED) is 0.305. The number of aromatic nitrogens is 1. The molecule has 4 aromatic carbocycles. The molecule has 0 saturated carbocycles. The van der Waals surface area contributed by atoms with E-state index in [1.54, 1.807) is 0 Å². The molecule has 1 nitrogen and oxygen atoms in total. The fourth-order valence-corrected chi connectivity index (χ4v) is 4.40. The smallest absolute Gasteiger partial charge is 0.0788 e. The number of fused-ring (bicyclic) bond motifs is 6. The van der Waals surface area contributed by atoms with E-state index in [0.717, 1.165) is 17.6 Å². The summed E-state index contributed by atoms with van der Waals surface area (Å²) in [6, 6.07) is 32.5. The second kappa shape index (κ2) is 5.52. The molecule has 27 heavy (non-hydrogen) atoms. The van der Waals surface area contributed by atoms with Gasteiger partial charge in [0, 0.05) is 16.3 Å². The zero-order chi connectivity index (χ0) is 17.8. The summed E-state index contributed by atoms with van der Waals surface area (Å²) in [5.74, 6) is 0. The van der Waals surface area contributed by atoms with Crippen LogP contribution in [0.5, 0.6) is 0 Å². The largest absolute Gasteiger partial charge is 0.247 e. The summed E-state index contributed by atoms with van der Waals surface area (Å²) in [4.78, 5) is 5.06. The Bertz CT molecular complexity index is 1330. The molecule has 0 aliphatic heterocycles. The minimum atomic E-state index is 1.01. The third kappa shape index (κ3) is 2.15. The highest BCUT2D eigenvalue weighted by molar-refractivity contribution is 6.12. The van der Waals surface area contributed by atoms with Crippen molar-refractivity contribution in [2.24, 2.45) is 0 Å². The topological polar surface area (TPSA) is 12.9 Å². The van der Waals surface area contributed by atoms with E-state index in [1.165, 1.54) is 44.0 Å². The van der Waals surface area contributed by atoms with Gasteiger partial charge in [-0.25, -0.2) is 4.98 Å². The van der Waals surface area contributed by atoms with Crippen molar-refractivity contribution in [1.29, 1.82) is 0 Å². The highest BCUT2D eigenvalue weighted by atomic mass is 14.7. The molecular formula is C26H17N. The van der Waals surface area contributed by atoms with Crippen molar-refractivity contribution < 1.29 is 0 Å². The van der Waals surface area contributed by atoms with Crippen LogP contribution in [-0.4, -0.2) is 4.98 Å². The first-order valence-electron chi connectivity index (χ1n) is 9.37. The number of para-hydroxylation sites is 1. The predicted octanol–water partition coefficient (Wildman–Crippen LogP) is 6.63. The minimum Gasteiger partial charge on any atom is -0.247 e. The summed E-state index contributed by atoms with van der Waals surface area (Å²) < 4.78 is 0. The van der Waals surface area contributed by atoms with E-state index in [0.29, 0.717) is 0 Å². The van der Waals surface area contributed by atoms with Crippen molar-refractivity contribution in [1.82, 2.24) is 4.98 Å². The molecule has 0 atom stereocenters. The molecule has 1 aliphatic rings. The number of rotatable bonds is 1. The van der Waals surface area contributed by atoms with E-state index < -0.39 is 0 Å². The van der Waals surface area contributed by atoms with E-state index in [1.807, 2.05) is 0 Å². The predicted molar refractivity (Wildman–Crippen MR) is 113 cm³/mol. The molecule has 1 heteroatoms. The van der Waals surface area contributed by atoms with Gasteiger partial charge in [0.15, 0.2) is 0 Å².